The van der Waals surface area contributed by atoms with E-state index in [0.29, 0.717) is 6.54 Å². The highest BCUT2D eigenvalue weighted by Crippen LogP contribution is 2.21. The molecule has 1 unspecified atom stereocenters. The van der Waals surface area contributed by atoms with Crippen LogP contribution in [0.2, 0.25) is 0 Å². The fraction of sp³-hybridized carbons (Fsp3) is 0.875. The van der Waals surface area contributed by atoms with Crippen LogP contribution in [0.25, 0.3) is 0 Å². The topological polar surface area (TPSA) is 55.1 Å². The molecule has 0 saturated heterocycles. The Hall–Kier alpha value is -0.570. The lowest BCUT2D eigenvalue weighted by atomic mass is 9.85. The second-order valence-corrected chi connectivity index (χ2v) is 3.09. The summed E-state index contributed by atoms with van der Waals surface area (Å²) in [6, 6.07) is 0. The summed E-state index contributed by atoms with van der Waals surface area (Å²) in [5, 5.41) is 2.62. The van der Waals surface area contributed by atoms with Gasteiger partial charge in [-0.3, -0.25) is 4.79 Å². The van der Waals surface area contributed by atoms with Crippen LogP contribution in [0.15, 0.2) is 0 Å². The third kappa shape index (κ3) is 2.50. The maximum Gasteiger partial charge on any atom is 0.226 e. The molecule has 0 rings (SSSR count). The molecule has 0 aromatic heterocycles. The monoisotopic (exact) mass is 158 g/mol. The first-order chi connectivity index (χ1) is 5.10. The van der Waals surface area contributed by atoms with E-state index in [1.807, 2.05) is 6.92 Å². The summed E-state index contributed by atoms with van der Waals surface area (Å²) >= 11 is 0. The first-order valence-electron chi connectivity index (χ1n) is 4.03. The number of hydrogen-bond donors (Lipinski definition) is 2. The first-order valence-corrected chi connectivity index (χ1v) is 4.03. The Labute approximate surface area is 68.3 Å². The molecule has 0 aliphatic rings. The standard InChI is InChI=1S/C8H18N2O/c1-4-5-8(2,6-9)7(11)10-3/h4-6,9H2,1-3H3,(H,10,11). The van der Waals surface area contributed by atoms with E-state index in [1.165, 1.54) is 0 Å². The van der Waals surface area contributed by atoms with E-state index in [0.717, 1.165) is 12.8 Å². The van der Waals surface area contributed by atoms with Gasteiger partial charge in [0.2, 0.25) is 5.91 Å². The largest absolute Gasteiger partial charge is 0.359 e. The number of hydrogen-bond acceptors (Lipinski definition) is 2. The van der Waals surface area contributed by atoms with Crippen LogP contribution >= 0.6 is 0 Å². The van der Waals surface area contributed by atoms with Crippen LogP contribution in [0, 0.1) is 5.41 Å². The number of rotatable bonds is 4. The van der Waals surface area contributed by atoms with Crippen LogP contribution < -0.4 is 11.1 Å². The van der Waals surface area contributed by atoms with Gasteiger partial charge in [0.15, 0.2) is 0 Å². The third-order valence-corrected chi connectivity index (χ3v) is 2.03. The van der Waals surface area contributed by atoms with Crippen molar-refractivity contribution in [3.8, 4) is 0 Å². The summed E-state index contributed by atoms with van der Waals surface area (Å²) in [7, 11) is 1.64. The molecule has 66 valence electrons. The van der Waals surface area contributed by atoms with Crippen molar-refractivity contribution in [1.29, 1.82) is 0 Å². The van der Waals surface area contributed by atoms with E-state index in [1.54, 1.807) is 7.05 Å². The molecule has 0 spiro atoms. The molecule has 0 fully saturated rings. The molecule has 0 heterocycles. The third-order valence-electron chi connectivity index (χ3n) is 2.03. The highest BCUT2D eigenvalue weighted by atomic mass is 16.2. The van der Waals surface area contributed by atoms with Gasteiger partial charge >= 0.3 is 0 Å². The van der Waals surface area contributed by atoms with Crippen LogP contribution in [0.5, 0.6) is 0 Å². The minimum absolute atomic E-state index is 0.0434. The summed E-state index contributed by atoms with van der Waals surface area (Å²) in [4.78, 5) is 11.3. The van der Waals surface area contributed by atoms with Crippen molar-refractivity contribution in [2.24, 2.45) is 11.1 Å². The molecule has 3 nitrogen and oxygen atoms in total. The van der Waals surface area contributed by atoms with E-state index >= 15 is 0 Å². The van der Waals surface area contributed by atoms with Crippen molar-refractivity contribution < 1.29 is 4.79 Å². The van der Waals surface area contributed by atoms with Gasteiger partial charge in [0, 0.05) is 13.6 Å². The van der Waals surface area contributed by atoms with Gasteiger partial charge in [0.25, 0.3) is 0 Å². The highest BCUT2D eigenvalue weighted by Gasteiger charge is 2.29. The Morgan fingerprint density at radius 1 is 1.64 bits per heavy atom. The number of nitrogens with two attached hydrogens (primary N) is 1. The molecule has 0 radical (unpaired) electrons. The van der Waals surface area contributed by atoms with Crippen LogP contribution in [0.1, 0.15) is 26.7 Å². The Bertz CT molecular complexity index is 136. The molecule has 0 aromatic rings. The molecule has 0 bridgehead atoms. The maximum absolute atomic E-state index is 11.3. The second-order valence-electron chi connectivity index (χ2n) is 3.09. The van der Waals surface area contributed by atoms with E-state index in [-0.39, 0.29) is 11.3 Å². The lowest BCUT2D eigenvalue weighted by molar-refractivity contribution is -0.129. The predicted molar refractivity (Wildman–Crippen MR) is 46.1 cm³/mol. The van der Waals surface area contributed by atoms with Gasteiger partial charge in [0.05, 0.1) is 5.41 Å². The molecule has 1 amide bonds. The number of carbonyl (C=O) groups is 1. The van der Waals surface area contributed by atoms with Gasteiger partial charge in [-0.2, -0.15) is 0 Å². The molecule has 0 aliphatic carbocycles. The Morgan fingerprint density at radius 2 is 2.18 bits per heavy atom. The van der Waals surface area contributed by atoms with E-state index in [4.69, 9.17) is 5.73 Å². The SMILES string of the molecule is CCCC(C)(CN)C(=O)NC. The summed E-state index contributed by atoms with van der Waals surface area (Å²) in [5.41, 5.74) is 5.14. The Morgan fingerprint density at radius 3 is 2.45 bits per heavy atom. The van der Waals surface area contributed by atoms with Crippen LogP contribution in [0.4, 0.5) is 0 Å². The van der Waals surface area contributed by atoms with E-state index in [2.05, 4.69) is 12.2 Å². The number of amides is 1. The van der Waals surface area contributed by atoms with Gasteiger partial charge in [-0.15, -0.1) is 0 Å². The minimum atomic E-state index is -0.372. The fourth-order valence-electron chi connectivity index (χ4n) is 1.16. The van der Waals surface area contributed by atoms with Gasteiger partial charge in [-0.05, 0) is 13.3 Å². The summed E-state index contributed by atoms with van der Waals surface area (Å²) in [6.45, 7) is 4.37. The van der Waals surface area contributed by atoms with Crippen molar-refractivity contribution in [1.82, 2.24) is 5.32 Å². The van der Waals surface area contributed by atoms with Crippen LogP contribution in [0.3, 0.4) is 0 Å². The fourth-order valence-corrected chi connectivity index (χ4v) is 1.16. The molecule has 3 heteroatoms. The van der Waals surface area contributed by atoms with Gasteiger partial charge in [-0.25, -0.2) is 0 Å². The zero-order chi connectivity index (χ0) is 8.91. The van der Waals surface area contributed by atoms with Crippen molar-refractivity contribution in [2.45, 2.75) is 26.7 Å². The van der Waals surface area contributed by atoms with Crippen molar-refractivity contribution >= 4 is 5.91 Å². The van der Waals surface area contributed by atoms with Crippen LogP contribution in [-0.2, 0) is 4.79 Å². The lowest BCUT2D eigenvalue weighted by Crippen LogP contribution is -2.42. The normalized spacial score (nSPS) is 15.6. The second kappa shape index (κ2) is 4.34. The van der Waals surface area contributed by atoms with Gasteiger partial charge in [-0.1, -0.05) is 13.3 Å². The van der Waals surface area contributed by atoms with Gasteiger partial charge < -0.3 is 11.1 Å². The first kappa shape index (κ1) is 10.4. The van der Waals surface area contributed by atoms with Crippen molar-refractivity contribution in [3.63, 3.8) is 0 Å². The molecule has 0 saturated carbocycles. The quantitative estimate of drug-likeness (QED) is 0.626. The molecule has 0 aliphatic heterocycles. The van der Waals surface area contributed by atoms with Gasteiger partial charge in [0.1, 0.15) is 0 Å². The van der Waals surface area contributed by atoms with Crippen LogP contribution in [-0.4, -0.2) is 19.5 Å². The van der Waals surface area contributed by atoms with Crippen molar-refractivity contribution in [2.75, 3.05) is 13.6 Å². The Balaban J connectivity index is 4.19. The molecular weight excluding hydrogens is 140 g/mol. The molecular formula is C8H18N2O. The average molecular weight is 158 g/mol. The molecule has 1 atom stereocenters. The number of carbonyl (C=O) groups excluding carboxylic acids is 1. The average Bonchev–Trinajstić information content (AvgIpc) is 2.03. The minimum Gasteiger partial charge on any atom is -0.359 e. The molecule has 11 heavy (non-hydrogen) atoms. The summed E-state index contributed by atoms with van der Waals surface area (Å²) < 4.78 is 0. The summed E-state index contributed by atoms with van der Waals surface area (Å²) in [6.07, 6.45) is 1.84. The zero-order valence-electron chi connectivity index (χ0n) is 7.61. The Kier molecular flexibility index (Phi) is 4.11. The maximum atomic E-state index is 11.3. The highest BCUT2D eigenvalue weighted by molar-refractivity contribution is 5.82. The lowest BCUT2D eigenvalue weighted by Gasteiger charge is -2.24. The van der Waals surface area contributed by atoms with Crippen molar-refractivity contribution in [3.05, 3.63) is 0 Å². The molecule has 3 N–H and O–H groups in total. The van der Waals surface area contributed by atoms with E-state index < -0.39 is 0 Å². The zero-order valence-corrected chi connectivity index (χ0v) is 7.61. The summed E-state index contributed by atoms with van der Waals surface area (Å²) in [5.74, 6) is 0.0434. The smallest absolute Gasteiger partial charge is 0.226 e. The number of nitrogens with one attached hydrogen (secondary N) is 1. The molecule has 0 aromatic carbocycles. The predicted octanol–water partition coefficient (Wildman–Crippen LogP) is 0.497. The van der Waals surface area contributed by atoms with E-state index in [9.17, 15) is 4.79 Å².